The molecule has 0 amide bonds. The van der Waals surface area contributed by atoms with E-state index in [1.807, 2.05) is 0 Å². The third-order valence-electron chi connectivity index (χ3n) is 3.70. The molecule has 0 heterocycles. The van der Waals surface area contributed by atoms with Gasteiger partial charge in [0.25, 0.3) is 0 Å². The average Bonchev–Trinajstić information content (AvgIpc) is 2.19. The highest BCUT2D eigenvalue weighted by Crippen LogP contribution is 2.47. The Morgan fingerprint density at radius 3 is 2.44 bits per heavy atom. The van der Waals surface area contributed by atoms with Crippen molar-refractivity contribution in [3.63, 3.8) is 0 Å². The van der Waals surface area contributed by atoms with E-state index >= 15 is 0 Å². The molecule has 0 aliphatic heterocycles. The van der Waals surface area contributed by atoms with Crippen LogP contribution in [0.2, 0.25) is 0 Å². The number of hydrogen-bond acceptors (Lipinski definition) is 2. The predicted octanol–water partition coefficient (Wildman–Crippen LogP) is 3.41. The molecule has 0 unspecified atom stereocenters. The molecule has 1 aliphatic carbocycles. The lowest BCUT2D eigenvalue weighted by Crippen LogP contribution is -2.44. The Hall–Kier alpha value is -0.540. The highest BCUT2D eigenvalue weighted by atomic mass is 79.9. The number of nitrogens with two attached hydrogens (primary N) is 1. The van der Waals surface area contributed by atoms with Gasteiger partial charge >= 0.3 is 0 Å². The number of benzene rings is 1. The summed E-state index contributed by atoms with van der Waals surface area (Å²) < 4.78 is 6.51. The fourth-order valence-electron chi connectivity index (χ4n) is 2.46. The first kappa shape index (κ1) is 11.9. The van der Waals surface area contributed by atoms with Crippen LogP contribution in [0.25, 0.3) is 0 Å². The summed E-state index contributed by atoms with van der Waals surface area (Å²) in [5, 5.41) is 0. The van der Waals surface area contributed by atoms with Crippen molar-refractivity contribution in [3.05, 3.63) is 27.2 Å². The van der Waals surface area contributed by atoms with E-state index in [9.17, 15) is 0 Å². The summed E-state index contributed by atoms with van der Waals surface area (Å²) in [6.45, 7) is 4.25. The summed E-state index contributed by atoms with van der Waals surface area (Å²) in [6, 6.07) is 2.10. The van der Waals surface area contributed by atoms with Gasteiger partial charge in [0.2, 0.25) is 0 Å². The van der Waals surface area contributed by atoms with E-state index in [2.05, 4.69) is 35.8 Å². The van der Waals surface area contributed by atoms with Crippen molar-refractivity contribution in [1.29, 1.82) is 0 Å². The maximum Gasteiger partial charge on any atom is 0.138 e. The Bertz CT molecular complexity index is 424. The second-order valence-electron chi connectivity index (χ2n) is 4.72. The minimum absolute atomic E-state index is 0.177. The summed E-state index contributed by atoms with van der Waals surface area (Å²) in [5.74, 6) is 0.908. The quantitative estimate of drug-likeness (QED) is 0.903. The third-order valence-corrected chi connectivity index (χ3v) is 4.29. The van der Waals surface area contributed by atoms with Crippen LogP contribution in [0.5, 0.6) is 5.75 Å². The lowest BCUT2D eigenvalue weighted by molar-refractivity contribution is 0.242. The second-order valence-corrected chi connectivity index (χ2v) is 5.57. The molecule has 0 bridgehead atoms. The van der Waals surface area contributed by atoms with Crippen LogP contribution < -0.4 is 10.5 Å². The van der Waals surface area contributed by atoms with E-state index in [4.69, 9.17) is 10.5 Å². The van der Waals surface area contributed by atoms with Crippen molar-refractivity contribution in [2.75, 3.05) is 7.11 Å². The molecule has 88 valence electrons. The summed E-state index contributed by atoms with van der Waals surface area (Å²) in [5.41, 5.74) is 9.98. The van der Waals surface area contributed by atoms with Gasteiger partial charge in [-0.05, 0) is 66.2 Å². The zero-order valence-corrected chi connectivity index (χ0v) is 11.6. The molecule has 0 atom stereocenters. The first-order valence-corrected chi connectivity index (χ1v) is 6.42. The van der Waals surface area contributed by atoms with Crippen LogP contribution in [0, 0.1) is 13.8 Å². The molecule has 1 fully saturated rings. The first-order chi connectivity index (χ1) is 7.49. The standard InChI is InChI=1S/C13H18BrNO/c1-8-7-10(14)12(16-3)11(9(8)2)13(15)5-4-6-13/h7H,4-6,15H2,1-3H3. The molecule has 1 aliphatic rings. The SMILES string of the molecule is COc1c(Br)cc(C)c(C)c1C1(N)CCC1. The fraction of sp³-hybridized carbons (Fsp3) is 0.538. The van der Waals surface area contributed by atoms with Gasteiger partial charge in [-0.2, -0.15) is 0 Å². The predicted molar refractivity (Wildman–Crippen MR) is 69.9 cm³/mol. The number of ether oxygens (including phenoxy) is 1. The van der Waals surface area contributed by atoms with Crippen molar-refractivity contribution in [3.8, 4) is 5.75 Å². The average molecular weight is 284 g/mol. The third kappa shape index (κ3) is 1.66. The van der Waals surface area contributed by atoms with E-state index in [1.54, 1.807) is 7.11 Å². The van der Waals surface area contributed by atoms with Crippen LogP contribution in [0.3, 0.4) is 0 Å². The van der Waals surface area contributed by atoms with Crippen molar-refractivity contribution in [1.82, 2.24) is 0 Å². The number of methoxy groups -OCH3 is 1. The number of rotatable bonds is 2. The van der Waals surface area contributed by atoms with Crippen LogP contribution >= 0.6 is 15.9 Å². The first-order valence-electron chi connectivity index (χ1n) is 5.62. The van der Waals surface area contributed by atoms with Crippen molar-refractivity contribution < 1.29 is 4.74 Å². The van der Waals surface area contributed by atoms with Crippen molar-refractivity contribution in [2.45, 2.75) is 38.6 Å². The van der Waals surface area contributed by atoms with E-state index in [-0.39, 0.29) is 5.54 Å². The lowest BCUT2D eigenvalue weighted by atomic mass is 9.70. The van der Waals surface area contributed by atoms with Gasteiger partial charge in [0.1, 0.15) is 5.75 Å². The molecule has 1 aromatic rings. The minimum atomic E-state index is -0.177. The molecule has 0 radical (unpaired) electrons. The molecule has 2 N–H and O–H groups in total. The molecule has 1 saturated carbocycles. The summed E-state index contributed by atoms with van der Waals surface area (Å²) in [4.78, 5) is 0. The van der Waals surface area contributed by atoms with Gasteiger partial charge in [0.15, 0.2) is 0 Å². The maximum absolute atomic E-state index is 6.44. The van der Waals surface area contributed by atoms with Crippen LogP contribution in [0.15, 0.2) is 10.5 Å². The highest BCUT2D eigenvalue weighted by molar-refractivity contribution is 9.10. The Morgan fingerprint density at radius 2 is 2.00 bits per heavy atom. The molecule has 3 heteroatoms. The number of halogens is 1. The van der Waals surface area contributed by atoms with E-state index < -0.39 is 0 Å². The minimum Gasteiger partial charge on any atom is -0.495 e. The van der Waals surface area contributed by atoms with Gasteiger partial charge < -0.3 is 10.5 Å². The molecule has 16 heavy (non-hydrogen) atoms. The molecule has 2 nitrogen and oxygen atoms in total. The highest BCUT2D eigenvalue weighted by Gasteiger charge is 2.38. The molecule has 0 saturated heterocycles. The molecule has 2 rings (SSSR count). The zero-order chi connectivity index (χ0) is 11.9. The van der Waals surface area contributed by atoms with Crippen LogP contribution in [-0.2, 0) is 5.54 Å². The number of aryl methyl sites for hydroxylation is 1. The molecule has 1 aromatic carbocycles. The van der Waals surface area contributed by atoms with Crippen LogP contribution in [0.4, 0.5) is 0 Å². The van der Waals surface area contributed by atoms with Gasteiger partial charge in [0, 0.05) is 11.1 Å². The van der Waals surface area contributed by atoms with Crippen LogP contribution in [0.1, 0.15) is 36.0 Å². The van der Waals surface area contributed by atoms with E-state index in [0.717, 1.165) is 23.1 Å². The molecular formula is C13H18BrNO. The van der Waals surface area contributed by atoms with Crippen LogP contribution in [-0.4, -0.2) is 7.11 Å². The molecule has 0 spiro atoms. The Labute approximate surface area is 105 Å². The van der Waals surface area contributed by atoms with E-state index in [0.29, 0.717) is 0 Å². The van der Waals surface area contributed by atoms with E-state index in [1.165, 1.54) is 23.1 Å². The second kappa shape index (κ2) is 4.04. The van der Waals surface area contributed by atoms with Crippen molar-refractivity contribution in [2.24, 2.45) is 5.73 Å². The van der Waals surface area contributed by atoms with Crippen molar-refractivity contribution >= 4 is 15.9 Å². The lowest BCUT2D eigenvalue weighted by Gasteiger charge is -2.41. The smallest absolute Gasteiger partial charge is 0.138 e. The van der Waals surface area contributed by atoms with Gasteiger partial charge in [-0.25, -0.2) is 0 Å². The summed E-state index contributed by atoms with van der Waals surface area (Å²) >= 11 is 3.56. The zero-order valence-electron chi connectivity index (χ0n) is 10.1. The molecular weight excluding hydrogens is 266 g/mol. The normalized spacial score (nSPS) is 18.1. The largest absolute Gasteiger partial charge is 0.495 e. The Morgan fingerprint density at radius 1 is 1.38 bits per heavy atom. The van der Waals surface area contributed by atoms with Gasteiger partial charge in [-0.1, -0.05) is 0 Å². The van der Waals surface area contributed by atoms with Gasteiger partial charge in [-0.3, -0.25) is 0 Å². The summed E-state index contributed by atoms with van der Waals surface area (Å²) in [7, 11) is 1.71. The maximum atomic E-state index is 6.44. The Kier molecular flexibility index (Phi) is 3.01. The Balaban J connectivity index is 2.65. The fourth-order valence-corrected chi connectivity index (χ4v) is 3.16. The topological polar surface area (TPSA) is 35.2 Å². The summed E-state index contributed by atoms with van der Waals surface area (Å²) in [6.07, 6.45) is 3.32. The monoisotopic (exact) mass is 283 g/mol. The molecule has 0 aromatic heterocycles. The van der Waals surface area contributed by atoms with Gasteiger partial charge in [0.05, 0.1) is 11.6 Å². The number of hydrogen-bond donors (Lipinski definition) is 1. The van der Waals surface area contributed by atoms with Gasteiger partial charge in [-0.15, -0.1) is 0 Å².